The molecule has 188 valence electrons. The molecule has 0 spiro atoms. The number of piperidine rings is 1. The van der Waals surface area contributed by atoms with Gasteiger partial charge in [0, 0.05) is 30.2 Å². The third-order valence-corrected chi connectivity index (χ3v) is 7.33. The van der Waals surface area contributed by atoms with Crippen LogP contribution in [-0.2, 0) is 17.5 Å². The van der Waals surface area contributed by atoms with Crippen LogP contribution < -0.4 is 11.1 Å². The molecule has 6 nitrogen and oxygen atoms in total. The van der Waals surface area contributed by atoms with E-state index in [-0.39, 0.29) is 18.0 Å². The summed E-state index contributed by atoms with van der Waals surface area (Å²) in [6.07, 6.45) is -0.00866. The van der Waals surface area contributed by atoms with E-state index in [0.29, 0.717) is 30.1 Å². The molecule has 3 atom stereocenters. The topological polar surface area (TPSA) is 95.7 Å². The highest BCUT2D eigenvalue weighted by Crippen LogP contribution is 2.45. The largest absolute Gasteiger partial charge is 0.416 e. The van der Waals surface area contributed by atoms with Gasteiger partial charge in [-0.25, -0.2) is 0 Å². The summed E-state index contributed by atoms with van der Waals surface area (Å²) < 4.78 is 38.6. The molecule has 2 aliphatic rings. The molecule has 2 saturated heterocycles. The second-order valence-electron chi connectivity index (χ2n) is 9.70. The van der Waals surface area contributed by atoms with Crippen molar-refractivity contribution in [1.29, 1.82) is 0 Å². The molecule has 0 aromatic heterocycles. The molecule has 2 aromatic rings. The predicted octanol–water partition coefficient (Wildman–Crippen LogP) is 3.58. The second-order valence-corrected chi connectivity index (χ2v) is 9.70. The number of benzene rings is 2. The summed E-state index contributed by atoms with van der Waals surface area (Å²) in [7, 11) is 0. The third kappa shape index (κ3) is 5.85. The summed E-state index contributed by atoms with van der Waals surface area (Å²) in [6.45, 7) is -0.165. The molecular formula is C26H30F3N3O3. The Morgan fingerprint density at radius 2 is 1.91 bits per heavy atom. The van der Waals surface area contributed by atoms with Crippen LogP contribution in [0.4, 0.5) is 13.2 Å². The molecular weight excluding hydrogens is 459 g/mol. The molecule has 2 unspecified atom stereocenters. The summed E-state index contributed by atoms with van der Waals surface area (Å²) in [5.74, 6) is -0.669. The van der Waals surface area contributed by atoms with Gasteiger partial charge in [0.25, 0.3) is 0 Å². The molecule has 2 amide bonds. The molecule has 0 radical (unpaired) electrons. The molecule has 2 bridgehead atoms. The first-order chi connectivity index (χ1) is 16.6. The Morgan fingerprint density at radius 3 is 2.57 bits per heavy atom. The van der Waals surface area contributed by atoms with Gasteiger partial charge in [0.05, 0.1) is 5.56 Å². The fraction of sp³-hybridized carbons (Fsp3) is 0.462. The monoisotopic (exact) mass is 489 g/mol. The van der Waals surface area contributed by atoms with Crippen molar-refractivity contribution in [3.05, 3.63) is 70.8 Å². The van der Waals surface area contributed by atoms with Crippen LogP contribution in [0, 0.1) is 0 Å². The molecule has 2 heterocycles. The lowest BCUT2D eigenvalue weighted by Crippen LogP contribution is -2.51. The van der Waals surface area contributed by atoms with Gasteiger partial charge in [-0.3, -0.25) is 9.59 Å². The van der Waals surface area contributed by atoms with Crippen LogP contribution in [-0.4, -0.2) is 46.6 Å². The number of halogens is 3. The molecule has 0 saturated carbocycles. The predicted molar refractivity (Wildman–Crippen MR) is 124 cm³/mol. The van der Waals surface area contributed by atoms with Crippen LogP contribution in [0.3, 0.4) is 0 Å². The number of hydrogen-bond donors (Lipinski definition) is 3. The lowest BCUT2D eigenvalue weighted by Gasteiger charge is -2.41. The Balaban J connectivity index is 1.46. The van der Waals surface area contributed by atoms with Gasteiger partial charge in [-0.2, -0.15) is 13.2 Å². The SMILES string of the molecule is NC(=O)c1cccc(C2CC3CC[C@@](CCN(Cc4ccc(C(F)(F)F)cc4)C(=O)CO)(C2)N3)c1. The Labute approximate surface area is 202 Å². The maximum atomic E-state index is 12.9. The Bertz CT molecular complexity index is 1070. The zero-order chi connectivity index (χ0) is 25.2. The number of alkyl halides is 3. The first kappa shape index (κ1) is 25.2. The highest BCUT2D eigenvalue weighted by Gasteiger charge is 2.45. The van der Waals surface area contributed by atoms with E-state index in [0.717, 1.165) is 43.4 Å². The van der Waals surface area contributed by atoms with Crippen molar-refractivity contribution in [2.75, 3.05) is 13.2 Å². The second kappa shape index (κ2) is 9.99. The minimum Gasteiger partial charge on any atom is -0.387 e. The minimum absolute atomic E-state index is 0.126. The number of hydrogen-bond acceptors (Lipinski definition) is 4. The smallest absolute Gasteiger partial charge is 0.387 e. The fourth-order valence-electron chi connectivity index (χ4n) is 5.52. The van der Waals surface area contributed by atoms with Gasteiger partial charge in [0.15, 0.2) is 0 Å². The molecule has 2 aliphatic heterocycles. The number of nitrogens with one attached hydrogen (secondary N) is 1. The Kier molecular flexibility index (Phi) is 7.19. The van der Waals surface area contributed by atoms with Crippen molar-refractivity contribution in [1.82, 2.24) is 10.2 Å². The van der Waals surface area contributed by atoms with Gasteiger partial charge in [-0.05, 0) is 73.4 Å². The number of primary amides is 1. The van der Waals surface area contributed by atoms with Gasteiger partial charge in [0.1, 0.15) is 6.61 Å². The molecule has 4 rings (SSSR count). The van der Waals surface area contributed by atoms with Gasteiger partial charge in [-0.15, -0.1) is 0 Å². The van der Waals surface area contributed by atoms with Crippen molar-refractivity contribution in [3.8, 4) is 0 Å². The van der Waals surface area contributed by atoms with Crippen molar-refractivity contribution in [2.24, 2.45) is 5.73 Å². The number of fused-ring (bicyclic) bond motifs is 2. The Morgan fingerprint density at radius 1 is 1.17 bits per heavy atom. The molecule has 0 aliphatic carbocycles. The standard InChI is InChI=1S/C26H30F3N3O3/c27-26(28,29)21-6-4-17(5-7-21)15-32(23(34)16-33)11-10-25-9-8-22(31-25)13-20(14-25)18-2-1-3-19(12-18)24(30)35/h1-7,12,20,22,31,33H,8-11,13-16H2,(H2,30,35)/t20?,22?,25-/m1/s1. The zero-order valence-corrected chi connectivity index (χ0v) is 19.4. The summed E-state index contributed by atoms with van der Waals surface area (Å²) >= 11 is 0. The molecule has 2 fully saturated rings. The number of carbonyl (C=O) groups excluding carboxylic acids is 2. The van der Waals surface area contributed by atoms with Crippen LogP contribution in [0.25, 0.3) is 0 Å². The van der Waals surface area contributed by atoms with Crippen LogP contribution >= 0.6 is 0 Å². The highest BCUT2D eigenvalue weighted by atomic mass is 19.4. The summed E-state index contributed by atoms with van der Waals surface area (Å²) in [4.78, 5) is 25.6. The molecule has 4 N–H and O–H groups in total. The third-order valence-electron chi connectivity index (χ3n) is 7.33. The number of nitrogens with zero attached hydrogens (tertiary/aromatic N) is 1. The molecule has 9 heteroatoms. The first-order valence-corrected chi connectivity index (χ1v) is 11.8. The maximum Gasteiger partial charge on any atom is 0.416 e. The van der Waals surface area contributed by atoms with E-state index in [9.17, 15) is 27.9 Å². The maximum absolute atomic E-state index is 12.9. The summed E-state index contributed by atoms with van der Waals surface area (Å²) in [5.41, 5.74) is 6.65. The van der Waals surface area contributed by atoms with Crippen LogP contribution in [0.5, 0.6) is 0 Å². The van der Waals surface area contributed by atoms with Crippen LogP contribution in [0.1, 0.15) is 65.1 Å². The van der Waals surface area contributed by atoms with Gasteiger partial charge in [0.2, 0.25) is 11.8 Å². The normalized spacial score (nSPS) is 23.8. The van der Waals surface area contributed by atoms with Gasteiger partial charge >= 0.3 is 6.18 Å². The van der Waals surface area contributed by atoms with E-state index in [2.05, 4.69) is 5.32 Å². The quantitative estimate of drug-likeness (QED) is 0.528. The Hall–Kier alpha value is -2.91. The lowest BCUT2D eigenvalue weighted by molar-refractivity contribution is -0.138. The molecule has 35 heavy (non-hydrogen) atoms. The lowest BCUT2D eigenvalue weighted by atomic mass is 9.77. The zero-order valence-electron chi connectivity index (χ0n) is 19.4. The number of aliphatic hydroxyl groups is 1. The highest BCUT2D eigenvalue weighted by molar-refractivity contribution is 5.92. The average Bonchev–Trinajstić information content (AvgIpc) is 3.14. The van der Waals surface area contributed by atoms with E-state index in [4.69, 9.17) is 5.73 Å². The van der Waals surface area contributed by atoms with E-state index in [1.807, 2.05) is 18.2 Å². The number of carbonyl (C=O) groups is 2. The fourth-order valence-corrected chi connectivity index (χ4v) is 5.52. The van der Waals surface area contributed by atoms with Gasteiger partial charge in [-0.1, -0.05) is 24.3 Å². The van der Waals surface area contributed by atoms with E-state index >= 15 is 0 Å². The molecule has 2 aromatic carbocycles. The summed E-state index contributed by atoms with van der Waals surface area (Å²) in [6, 6.07) is 12.5. The average molecular weight is 490 g/mol. The number of aliphatic hydroxyl groups excluding tert-OH is 1. The van der Waals surface area contributed by atoms with Crippen molar-refractivity contribution in [2.45, 2.75) is 62.3 Å². The number of rotatable bonds is 8. The van der Waals surface area contributed by atoms with Crippen LogP contribution in [0.2, 0.25) is 0 Å². The van der Waals surface area contributed by atoms with Crippen molar-refractivity contribution in [3.63, 3.8) is 0 Å². The minimum atomic E-state index is -4.42. The van der Waals surface area contributed by atoms with E-state index < -0.39 is 30.2 Å². The first-order valence-electron chi connectivity index (χ1n) is 11.8. The number of amides is 2. The summed E-state index contributed by atoms with van der Waals surface area (Å²) in [5, 5.41) is 13.2. The van der Waals surface area contributed by atoms with E-state index in [1.165, 1.54) is 17.0 Å². The van der Waals surface area contributed by atoms with Crippen LogP contribution in [0.15, 0.2) is 48.5 Å². The van der Waals surface area contributed by atoms with Crippen molar-refractivity contribution < 1.29 is 27.9 Å². The number of nitrogens with two attached hydrogens (primary N) is 1. The van der Waals surface area contributed by atoms with E-state index in [1.54, 1.807) is 6.07 Å². The van der Waals surface area contributed by atoms with Crippen molar-refractivity contribution >= 4 is 11.8 Å². The van der Waals surface area contributed by atoms with Gasteiger partial charge < -0.3 is 21.1 Å².